The monoisotopic (exact) mass is 585 g/mol. The highest BCUT2D eigenvalue weighted by Crippen LogP contribution is 2.33. The molecular formula is C30H36ClN3O5S. The Balaban J connectivity index is 2.06. The van der Waals surface area contributed by atoms with Gasteiger partial charge in [-0.05, 0) is 67.3 Å². The number of nitrogens with one attached hydrogen (secondary N) is 1. The molecule has 0 heterocycles. The number of halogens is 1. The van der Waals surface area contributed by atoms with Gasteiger partial charge in [-0.2, -0.15) is 0 Å². The number of hydrogen-bond acceptors (Lipinski definition) is 5. The molecule has 2 amide bonds. The fourth-order valence-corrected chi connectivity index (χ4v) is 5.61. The van der Waals surface area contributed by atoms with E-state index in [2.05, 4.69) is 5.32 Å². The van der Waals surface area contributed by atoms with Crippen LogP contribution < -0.4 is 14.4 Å². The van der Waals surface area contributed by atoms with Gasteiger partial charge in [0, 0.05) is 18.1 Å². The first kappa shape index (κ1) is 31.0. The molecule has 10 heteroatoms. The lowest BCUT2D eigenvalue weighted by atomic mass is 10.1. The average Bonchev–Trinajstić information content (AvgIpc) is 2.94. The Bertz CT molecular complexity index is 1410. The Morgan fingerprint density at radius 3 is 2.23 bits per heavy atom. The summed E-state index contributed by atoms with van der Waals surface area (Å²) in [5.74, 6) is -0.367. The SMILES string of the molecule is COc1ccc(C)cc1N(CC(=O)N(Cc1ccc(Cl)cc1)[C@H](C)C(=O)NCC(C)C)S(=O)(=O)c1ccccc1. The second-order valence-corrected chi connectivity index (χ2v) is 12.3. The van der Waals surface area contributed by atoms with Crippen molar-refractivity contribution in [1.82, 2.24) is 10.2 Å². The van der Waals surface area contributed by atoms with E-state index in [-0.39, 0.29) is 29.0 Å². The molecule has 0 aromatic heterocycles. The van der Waals surface area contributed by atoms with E-state index in [0.717, 1.165) is 15.4 Å². The molecule has 8 nitrogen and oxygen atoms in total. The fraction of sp³-hybridized carbons (Fsp3) is 0.333. The third kappa shape index (κ3) is 7.76. The molecule has 0 aliphatic rings. The Labute approximate surface area is 241 Å². The quantitative estimate of drug-likeness (QED) is 0.321. The van der Waals surface area contributed by atoms with Gasteiger partial charge in [0.05, 0.1) is 17.7 Å². The van der Waals surface area contributed by atoms with Crippen LogP contribution in [0.2, 0.25) is 5.02 Å². The number of benzene rings is 3. The van der Waals surface area contributed by atoms with Crippen LogP contribution in [0.3, 0.4) is 0 Å². The number of nitrogens with zero attached hydrogens (tertiary/aromatic N) is 2. The highest BCUT2D eigenvalue weighted by atomic mass is 35.5. The van der Waals surface area contributed by atoms with Gasteiger partial charge >= 0.3 is 0 Å². The standard InChI is InChI=1S/C30H36ClN3O5S/c1-21(2)18-32-30(36)23(4)33(19-24-12-14-25(31)15-13-24)29(35)20-34(27-17-22(3)11-16-28(27)39-5)40(37,38)26-9-7-6-8-10-26/h6-17,21,23H,18-20H2,1-5H3,(H,32,36)/t23-/m1/s1. The number of aryl methyl sites for hydroxylation is 1. The molecular weight excluding hydrogens is 550 g/mol. The molecule has 0 spiro atoms. The number of hydrogen-bond donors (Lipinski definition) is 1. The third-order valence-electron chi connectivity index (χ3n) is 6.33. The first-order valence-electron chi connectivity index (χ1n) is 13.0. The van der Waals surface area contributed by atoms with Gasteiger partial charge in [-0.25, -0.2) is 8.42 Å². The van der Waals surface area contributed by atoms with Crippen LogP contribution in [-0.2, 0) is 26.2 Å². The Hall–Kier alpha value is -3.56. The van der Waals surface area contributed by atoms with Crippen LogP contribution in [-0.4, -0.2) is 51.4 Å². The summed E-state index contributed by atoms with van der Waals surface area (Å²) >= 11 is 6.05. The fourth-order valence-electron chi connectivity index (χ4n) is 4.05. The van der Waals surface area contributed by atoms with Crippen molar-refractivity contribution < 1.29 is 22.7 Å². The van der Waals surface area contributed by atoms with Gasteiger partial charge < -0.3 is 15.0 Å². The minimum Gasteiger partial charge on any atom is -0.495 e. The van der Waals surface area contributed by atoms with Crippen molar-refractivity contribution >= 4 is 39.1 Å². The van der Waals surface area contributed by atoms with Crippen LogP contribution in [0.1, 0.15) is 31.9 Å². The van der Waals surface area contributed by atoms with Crippen molar-refractivity contribution in [3.05, 3.63) is 88.9 Å². The van der Waals surface area contributed by atoms with Gasteiger partial charge in [-0.15, -0.1) is 0 Å². The normalized spacial score (nSPS) is 12.1. The van der Waals surface area contributed by atoms with Crippen LogP contribution in [0.25, 0.3) is 0 Å². The lowest BCUT2D eigenvalue weighted by Crippen LogP contribution is -2.51. The molecule has 0 saturated carbocycles. The van der Waals surface area contributed by atoms with Gasteiger partial charge in [0.15, 0.2) is 0 Å². The number of amides is 2. The van der Waals surface area contributed by atoms with Crippen molar-refractivity contribution in [2.75, 3.05) is 24.5 Å². The topological polar surface area (TPSA) is 96.0 Å². The highest BCUT2D eigenvalue weighted by molar-refractivity contribution is 7.92. The van der Waals surface area contributed by atoms with E-state index in [9.17, 15) is 18.0 Å². The van der Waals surface area contributed by atoms with E-state index >= 15 is 0 Å². The molecule has 0 aliphatic carbocycles. The minimum atomic E-state index is -4.19. The first-order valence-corrected chi connectivity index (χ1v) is 14.8. The van der Waals surface area contributed by atoms with Crippen molar-refractivity contribution in [3.8, 4) is 5.75 Å². The molecule has 3 rings (SSSR count). The summed E-state index contributed by atoms with van der Waals surface area (Å²) in [6.45, 7) is 7.38. The van der Waals surface area contributed by atoms with E-state index in [1.54, 1.807) is 67.6 Å². The van der Waals surface area contributed by atoms with Gasteiger partial charge in [0.1, 0.15) is 18.3 Å². The Morgan fingerprint density at radius 2 is 1.62 bits per heavy atom. The van der Waals surface area contributed by atoms with Gasteiger partial charge in [0.25, 0.3) is 10.0 Å². The maximum Gasteiger partial charge on any atom is 0.264 e. The van der Waals surface area contributed by atoms with Crippen LogP contribution in [0.5, 0.6) is 5.75 Å². The summed E-state index contributed by atoms with van der Waals surface area (Å²) in [6, 6.07) is 19.1. The molecule has 0 radical (unpaired) electrons. The maximum atomic E-state index is 14.0. The highest BCUT2D eigenvalue weighted by Gasteiger charge is 2.33. The summed E-state index contributed by atoms with van der Waals surface area (Å²) in [5, 5.41) is 3.41. The maximum absolute atomic E-state index is 14.0. The summed E-state index contributed by atoms with van der Waals surface area (Å²) < 4.78 is 34.4. The molecule has 0 unspecified atom stereocenters. The molecule has 0 bridgehead atoms. The minimum absolute atomic E-state index is 0.0262. The number of rotatable bonds is 12. The number of carbonyl (C=O) groups excluding carboxylic acids is 2. The molecule has 1 N–H and O–H groups in total. The number of ether oxygens (including phenoxy) is 1. The molecule has 214 valence electrons. The molecule has 3 aromatic carbocycles. The van der Waals surface area contributed by atoms with Crippen LogP contribution in [0.15, 0.2) is 77.7 Å². The van der Waals surface area contributed by atoms with Crippen molar-refractivity contribution in [3.63, 3.8) is 0 Å². The zero-order chi connectivity index (χ0) is 29.4. The van der Waals surface area contributed by atoms with E-state index in [0.29, 0.717) is 17.3 Å². The van der Waals surface area contributed by atoms with E-state index in [1.807, 2.05) is 20.8 Å². The Morgan fingerprint density at radius 1 is 0.975 bits per heavy atom. The van der Waals surface area contributed by atoms with Gasteiger partial charge in [-0.3, -0.25) is 13.9 Å². The summed E-state index contributed by atoms with van der Waals surface area (Å²) in [7, 11) is -2.75. The largest absolute Gasteiger partial charge is 0.495 e. The molecule has 0 fully saturated rings. The summed E-state index contributed by atoms with van der Waals surface area (Å²) in [6.07, 6.45) is 0. The van der Waals surface area contributed by atoms with Crippen molar-refractivity contribution in [2.24, 2.45) is 5.92 Å². The predicted molar refractivity (Wildman–Crippen MR) is 158 cm³/mol. The number of methoxy groups -OCH3 is 1. The molecule has 0 aliphatic heterocycles. The zero-order valence-corrected chi connectivity index (χ0v) is 25.0. The second-order valence-electron chi connectivity index (χ2n) is 9.96. The third-order valence-corrected chi connectivity index (χ3v) is 8.36. The molecule has 40 heavy (non-hydrogen) atoms. The first-order chi connectivity index (χ1) is 18.9. The van der Waals surface area contributed by atoms with Crippen LogP contribution in [0.4, 0.5) is 5.69 Å². The summed E-state index contributed by atoms with van der Waals surface area (Å²) in [5.41, 5.74) is 1.76. The number of anilines is 1. The van der Waals surface area contributed by atoms with Gasteiger partial charge in [-0.1, -0.05) is 61.8 Å². The molecule has 1 atom stereocenters. The zero-order valence-electron chi connectivity index (χ0n) is 23.4. The second kappa shape index (κ2) is 13.7. The average molecular weight is 586 g/mol. The lowest BCUT2D eigenvalue weighted by molar-refractivity contribution is -0.139. The Kier molecular flexibility index (Phi) is 10.6. The van der Waals surface area contributed by atoms with Gasteiger partial charge in [0.2, 0.25) is 11.8 Å². The smallest absolute Gasteiger partial charge is 0.264 e. The van der Waals surface area contributed by atoms with E-state index < -0.39 is 28.5 Å². The number of carbonyl (C=O) groups is 2. The lowest BCUT2D eigenvalue weighted by Gasteiger charge is -2.32. The predicted octanol–water partition coefficient (Wildman–Crippen LogP) is 5.04. The van der Waals surface area contributed by atoms with Crippen molar-refractivity contribution in [2.45, 2.75) is 45.2 Å². The van der Waals surface area contributed by atoms with E-state index in [1.165, 1.54) is 24.1 Å². The molecule has 3 aromatic rings. The van der Waals surface area contributed by atoms with Crippen molar-refractivity contribution in [1.29, 1.82) is 0 Å². The molecule has 0 saturated heterocycles. The van der Waals surface area contributed by atoms with Crippen LogP contribution >= 0.6 is 11.6 Å². The van der Waals surface area contributed by atoms with E-state index in [4.69, 9.17) is 16.3 Å². The number of sulfonamides is 1. The van der Waals surface area contributed by atoms with Crippen LogP contribution in [0, 0.1) is 12.8 Å². The summed E-state index contributed by atoms with van der Waals surface area (Å²) in [4.78, 5) is 28.5.